The van der Waals surface area contributed by atoms with Gasteiger partial charge in [0.05, 0.1) is 27.7 Å². The van der Waals surface area contributed by atoms with E-state index in [9.17, 15) is 98.1 Å². The fraction of sp³-hybridized carbons (Fsp3) is 0.950. The molecule has 0 rings (SSSR count). The number of ether oxygens (including phenoxy) is 2. The van der Waals surface area contributed by atoms with Gasteiger partial charge in [-0.3, -0.25) is 18.6 Å². The molecule has 0 saturated heterocycles. The highest BCUT2D eigenvalue weighted by Gasteiger charge is 2.82. The molecule has 0 radical (unpaired) electrons. The third-order valence-corrected chi connectivity index (χ3v) is 11.3. The van der Waals surface area contributed by atoms with E-state index in [0.717, 1.165) is 0 Å². The summed E-state index contributed by atoms with van der Waals surface area (Å²) in [5, 5.41) is 0. The quantitative estimate of drug-likeness (QED) is 0.0214. The predicted octanol–water partition coefficient (Wildman–Crippen LogP) is 13.8. The van der Waals surface area contributed by atoms with E-state index in [1.165, 1.54) is 0 Å². The molecule has 9 nitrogen and oxygen atoms in total. The Morgan fingerprint density at radius 2 is 0.794 bits per heavy atom. The molecule has 1 unspecified atom stereocenters. The molecular formula is C40H63F18NO8P+. The number of likely N-dealkylation sites (N-methyl/N-ethyl adjacent to an activating group) is 1. The standard InChI is InChI=1S/C40H62F18NO8P/c1-59(2,3)26-27-65-68(62,63)66-29-30(67-32(61)23-19-15-11-7-5-9-13-17-21-25-34(43,44)36(47,48)38(51,52)40(56,57)58)28-64-31(60)22-18-14-10-6-4-8-12-16-20-24-33(41,42)35(45,46)37(49,50)39(53,54)55/h30H,4-29H2,1-3H3/p+1/t30-/m1/s1. The molecular weight excluding hydrogens is 995 g/mol. The van der Waals surface area contributed by atoms with Crippen molar-refractivity contribution in [1.82, 2.24) is 0 Å². The molecule has 0 aromatic heterocycles. The van der Waals surface area contributed by atoms with Crippen LogP contribution in [0.3, 0.4) is 0 Å². The molecule has 0 fully saturated rings. The SMILES string of the molecule is C[N+](C)(C)CCOP(=O)(O)OC[C@@H](COC(=O)CCCCCCCCCCCC(F)(F)C(F)(F)C(F)(F)C(F)(F)F)OC(=O)CCCCCCCCCCCC(F)(F)C(F)(F)C(F)(F)C(F)(F)F. The van der Waals surface area contributed by atoms with Crippen LogP contribution in [0.2, 0.25) is 0 Å². The van der Waals surface area contributed by atoms with Gasteiger partial charge >= 0.3 is 67.6 Å². The van der Waals surface area contributed by atoms with Crippen LogP contribution in [0.25, 0.3) is 0 Å². The second kappa shape index (κ2) is 28.1. The molecule has 0 aromatic carbocycles. The number of alkyl halides is 18. The summed E-state index contributed by atoms with van der Waals surface area (Å²) in [5.74, 6) is -39.8. The zero-order valence-corrected chi connectivity index (χ0v) is 38.9. The van der Waals surface area contributed by atoms with Gasteiger partial charge in [0.15, 0.2) is 6.10 Å². The van der Waals surface area contributed by atoms with E-state index < -0.39 is 113 Å². The minimum absolute atomic E-state index is 0.0951. The topological polar surface area (TPSA) is 108 Å². The lowest BCUT2D eigenvalue weighted by atomic mass is 9.97. The van der Waals surface area contributed by atoms with Gasteiger partial charge in [-0.2, -0.15) is 79.0 Å². The van der Waals surface area contributed by atoms with E-state index in [2.05, 4.69) is 0 Å². The molecule has 68 heavy (non-hydrogen) atoms. The molecule has 406 valence electrons. The number of quaternary nitrogens is 1. The van der Waals surface area contributed by atoms with Crippen molar-refractivity contribution in [2.45, 2.75) is 195 Å². The summed E-state index contributed by atoms with van der Waals surface area (Å²) >= 11 is 0. The van der Waals surface area contributed by atoms with Crippen LogP contribution in [0, 0.1) is 0 Å². The molecule has 0 heterocycles. The molecule has 28 heteroatoms. The van der Waals surface area contributed by atoms with E-state index in [1.807, 2.05) is 0 Å². The molecule has 0 aliphatic rings. The molecule has 0 bridgehead atoms. The van der Waals surface area contributed by atoms with E-state index in [1.54, 1.807) is 21.1 Å². The summed E-state index contributed by atoms with van der Waals surface area (Å²) in [4.78, 5) is 35.1. The van der Waals surface area contributed by atoms with Crippen LogP contribution >= 0.6 is 7.82 Å². The van der Waals surface area contributed by atoms with Gasteiger partial charge in [-0.05, 0) is 25.7 Å². The van der Waals surface area contributed by atoms with Crippen molar-refractivity contribution < 1.29 is 121 Å². The van der Waals surface area contributed by atoms with E-state index in [4.69, 9.17) is 18.5 Å². The van der Waals surface area contributed by atoms with Crippen LogP contribution in [-0.2, 0) is 32.7 Å². The predicted molar refractivity (Wildman–Crippen MR) is 209 cm³/mol. The summed E-state index contributed by atoms with van der Waals surface area (Å²) in [6.07, 6.45) is -14.5. The summed E-state index contributed by atoms with van der Waals surface area (Å²) in [6, 6.07) is 0. The van der Waals surface area contributed by atoms with Crippen molar-refractivity contribution in [3.8, 4) is 0 Å². The number of esters is 2. The monoisotopic (exact) mass is 1060 g/mol. The Balaban J connectivity index is 4.68. The van der Waals surface area contributed by atoms with Crippen LogP contribution < -0.4 is 0 Å². The van der Waals surface area contributed by atoms with Crippen LogP contribution in [-0.4, -0.2) is 123 Å². The molecule has 0 amide bonds. The third-order valence-electron chi connectivity index (χ3n) is 10.3. The molecule has 0 aliphatic heterocycles. The Morgan fingerprint density at radius 1 is 0.471 bits per heavy atom. The highest BCUT2D eigenvalue weighted by Crippen LogP contribution is 2.56. The maximum Gasteiger partial charge on any atom is 0.472 e. The number of carbonyl (C=O) groups is 2. The largest absolute Gasteiger partial charge is 0.472 e. The second-order valence-corrected chi connectivity index (χ2v) is 18.9. The molecule has 0 aromatic rings. The van der Waals surface area contributed by atoms with Crippen LogP contribution in [0.15, 0.2) is 0 Å². The van der Waals surface area contributed by atoms with Crippen LogP contribution in [0.5, 0.6) is 0 Å². The second-order valence-electron chi connectivity index (χ2n) is 17.5. The van der Waals surface area contributed by atoms with Crippen molar-refractivity contribution >= 4 is 19.8 Å². The third kappa shape index (κ3) is 22.9. The zero-order valence-electron chi connectivity index (χ0n) is 38.0. The van der Waals surface area contributed by atoms with Gasteiger partial charge < -0.3 is 18.9 Å². The van der Waals surface area contributed by atoms with Gasteiger partial charge in [0.2, 0.25) is 0 Å². The van der Waals surface area contributed by atoms with Crippen molar-refractivity contribution in [1.29, 1.82) is 0 Å². The molecule has 1 N–H and O–H groups in total. The Morgan fingerprint density at radius 3 is 1.13 bits per heavy atom. The number of phosphoric acid groups is 1. The van der Waals surface area contributed by atoms with E-state index >= 15 is 0 Å². The number of hydrogen-bond donors (Lipinski definition) is 1. The Labute approximate surface area is 383 Å². The van der Waals surface area contributed by atoms with Gasteiger partial charge in [-0.25, -0.2) is 4.57 Å². The molecule has 2 atom stereocenters. The van der Waals surface area contributed by atoms with Crippen molar-refractivity contribution in [2.75, 3.05) is 47.5 Å². The van der Waals surface area contributed by atoms with Crippen molar-refractivity contribution in [3.05, 3.63) is 0 Å². The lowest BCUT2D eigenvalue weighted by molar-refractivity contribution is -0.870. The maximum atomic E-state index is 13.6. The summed E-state index contributed by atoms with van der Waals surface area (Å²) in [7, 11) is 0.743. The lowest BCUT2D eigenvalue weighted by Gasteiger charge is -2.33. The fourth-order valence-corrected chi connectivity index (χ4v) is 6.84. The maximum absolute atomic E-state index is 13.6. The van der Waals surface area contributed by atoms with Crippen molar-refractivity contribution in [3.63, 3.8) is 0 Å². The number of hydrogen-bond acceptors (Lipinski definition) is 7. The first-order valence-electron chi connectivity index (χ1n) is 22.0. The molecule has 0 spiro atoms. The van der Waals surface area contributed by atoms with Crippen LogP contribution in [0.1, 0.15) is 141 Å². The highest BCUT2D eigenvalue weighted by molar-refractivity contribution is 7.47. The molecule has 0 aliphatic carbocycles. The van der Waals surface area contributed by atoms with E-state index in [-0.39, 0.29) is 45.1 Å². The van der Waals surface area contributed by atoms with Gasteiger partial charge in [0.25, 0.3) is 0 Å². The first kappa shape index (κ1) is 65.8. The Hall–Kier alpha value is -2.25. The smallest absolute Gasteiger partial charge is 0.462 e. The number of unbranched alkanes of at least 4 members (excludes halogenated alkanes) is 16. The van der Waals surface area contributed by atoms with Gasteiger partial charge in [0.1, 0.15) is 19.8 Å². The minimum atomic E-state index is -6.92. The Bertz CT molecular complexity index is 1510. The van der Waals surface area contributed by atoms with Gasteiger partial charge in [-0.15, -0.1) is 0 Å². The Kier molecular flexibility index (Phi) is 27.2. The number of phosphoric ester groups is 1. The first-order chi connectivity index (χ1) is 30.8. The summed E-state index contributed by atoms with van der Waals surface area (Å²) in [5.41, 5.74) is 0. The minimum Gasteiger partial charge on any atom is -0.462 e. The highest BCUT2D eigenvalue weighted by atomic mass is 31.2. The fourth-order valence-electron chi connectivity index (χ4n) is 6.10. The number of carbonyl (C=O) groups excluding carboxylic acids is 2. The summed E-state index contributed by atoms with van der Waals surface area (Å²) < 4.78 is 267. The number of nitrogens with zero attached hydrogens (tertiary/aromatic N) is 1. The van der Waals surface area contributed by atoms with Crippen LogP contribution in [0.4, 0.5) is 79.0 Å². The number of halogens is 18. The average Bonchev–Trinajstić information content (AvgIpc) is 3.18. The summed E-state index contributed by atoms with van der Waals surface area (Å²) in [6.45, 7) is -1.14. The zero-order chi connectivity index (χ0) is 52.9. The first-order valence-corrected chi connectivity index (χ1v) is 23.5. The van der Waals surface area contributed by atoms with E-state index in [0.29, 0.717) is 88.1 Å². The molecule has 0 saturated carbocycles. The average molecular weight is 1060 g/mol. The normalized spacial score (nSPS) is 15.3. The van der Waals surface area contributed by atoms with Gasteiger partial charge in [0, 0.05) is 25.7 Å². The number of rotatable bonds is 38. The van der Waals surface area contributed by atoms with Crippen molar-refractivity contribution in [2.24, 2.45) is 0 Å². The lowest BCUT2D eigenvalue weighted by Crippen LogP contribution is -2.60. The van der Waals surface area contributed by atoms with Gasteiger partial charge in [-0.1, -0.05) is 89.9 Å².